The summed E-state index contributed by atoms with van der Waals surface area (Å²) in [6, 6.07) is 5.24. The van der Waals surface area contributed by atoms with Crippen molar-refractivity contribution in [2.24, 2.45) is 5.92 Å². The van der Waals surface area contributed by atoms with Crippen LogP contribution in [0.3, 0.4) is 0 Å². The molecule has 0 aliphatic heterocycles. The summed E-state index contributed by atoms with van der Waals surface area (Å²) in [5.74, 6) is 0.0857. The Balaban J connectivity index is 1.54. The highest BCUT2D eigenvalue weighted by molar-refractivity contribution is 7.89. The maximum absolute atomic E-state index is 13.1. The fraction of sp³-hybridized carbons (Fsp3) is 0.565. The number of aromatic nitrogens is 1. The van der Waals surface area contributed by atoms with Crippen molar-refractivity contribution >= 4 is 32.4 Å². The summed E-state index contributed by atoms with van der Waals surface area (Å²) >= 11 is 1.37. The topological polar surface area (TPSA) is 108 Å². The number of aliphatic hydroxyl groups excluding tert-OH is 1. The lowest BCUT2D eigenvalue weighted by molar-refractivity contribution is -0.119. The minimum Gasteiger partial charge on any atom is -0.393 e. The van der Waals surface area contributed by atoms with Crippen molar-refractivity contribution in [1.29, 1.82) is 0 Å². The van der Waals surface area contributed by atoms with Gasteiger partial charge in [0.1, 0.15) is 0 Å². The largest absolute Gasteiger partial charge is 0.393 e. The molecule has 0 bridgehead atoms. The standard InChI is InChI=1S/C23H31N3O4S2/c1-14-7-8-17(13-20(14)32(29,30)26-18-9-11-19(27)12-10-18)21-15(2)24-23(31-21)25-22(28)16-5-3-4-6-16/h7-8,13,16,18-19,26-27H,3-6,9-12H2,1-2H3,(H,24,25,28). The normalized spacial score (nSPS) is 22.2. The zero-order valence-corrected chi connectivity index (χ0v) is 20.2. The van der Waals surface area contributed by atoms with Crippen molar-refractivity contribution in [2.75, 3.05) is 5.32 Å². The molecule has 2 fully saturated rings. The van der Waals surface area contributed by atoms with Crippen molar-refractivity contribution in [2.45, 2.75) is 82.3 Å². The highest BCUT2D eigenvalue weighted by atomic mass is 32.2. The van der Waals surface area contributed by atoms with E-state index in [1.807, 2.05) is 19.1 Å². The van der Waals surface area contributed by atoms with Gasteiger partial charge in [-0.3, -0.25) is 4.79 Å². The number of aliphatic hydroxyl groups is 1. The molecule has 0 atom stereocenters. The van der Waals surface area contributed by atoms with Crippen molar-refractivity contribution in [3.05, 3.63) is 29.5 Å². The van der Waals surface area contributed by atoms with Crippen LogP contribution in [0, 0.1) is 19.8 Å². The zero-order valence-electron chi connectivity index (χ0n) is 18.6. The predicted octanol–water partition coefficient (Wildman–Crippen LogP) is 4.14. The number of carbonyl (C=O) groups is 1. The first-order valence-electron chi connectivity index (χ1n) is 11.3. The first-order valence-corrected chi connectivity index (χ1v) is 13.6. The van der Waals surface area contributed by atoms with E-state index in [-0.39, 0.29) is 28.9 Å². The van der Waals surface area contributed by atoms with Crippen molar-refractivity contribution < 1.29 is 18.3 Å². The van der Waals surface area contributed by atoms with Crippen LogP contribution in [0.5, 0.6) is 0 Å². The molecule has 1 amide bonds. The average Bonchev–Trinajstić information content (AvgIpc) is 3.40. The van der Waals surface area contributed by atoms with Gasteiger partial charge >= 0.3 is 0 Å². The Morgan fingerprint density at radius 3 is 2.47 bits per heavy atom. The van der Waals surface area contributed by atoms with Gasteiger partial charge in [0, 0.05) is 12.0 Å². The van der Waals surface area contributed by atoms with Crippen LogP contribution in [0.1, 0.15) is 62.6 Å². The van der Waals surface area contributed by atoms with E-state index >= 15 is 0 Å². The second kappa shape index (κ2) is 9.59. The van der Waals surface area contributed by atoms with Gasteiger partial charge in [-0.25, -0.2) is 18.1 Å². The fourth-order valence-electron chi connectivity index (χ4n) is 4.62. The third kappa shape index (κ3) is 5.22. The van der Waals surface area contributed by atoms with E-state index in [2.05, 4.69) is 15.0 Å². The van der Waals surface area contributed by atoms with E-state index < -0.39 is 10.0 Å². The number of thiazole rings is 1. The van der Waals surface area contributed by atoms with Crippen LogP contribution >= 0.6 is 11.3 Å². The van der Waals surface area contributed by atoms with Crippen molar-refractivity contribution in [3.63, 3.8) is 0 Å². The average molecular weight is 478 g/mol. The Kier molecular flexibility index (Phi) is 7.00. The highest BCUT2D eigenvalue weighted by Gasteiger charge is 2.27. The number of hydrogen-bond donors (Lipinski definition) is 3. The van der Waals surface area contributed by atoms with Crippen LogP contribution in [0.2, 0.25) is 0 Å². The number of sulfonamides is 1. The van der Waals surface area contributed by atoms with Gasteiger partial charge < -0.3 is 10.4 Å². The Labute approximate surface area is 193 Å². The van der Waals surface area contributed by atoms with Crippen LogP contribution in [-0.2, 0) is 14.8 Å². The van der Waals surface area contributed by atoms with Gasteiger partial charge in [-0.15, -0.1) is 0 Å². The molecular weight excluding hydrogens is 446 g/mol. The Bertz CT molecular complexity index is 1080. The van der Waals surface area contributed by atoms with Gasteiger partial charge in [-0.05, 0) is 69.6 Å². The number of nitrogens with one attached hydrogen (secondary N) is 2. The fourth-order valence-corrected chi connectivity index (χ4v) is 7.16. The van der Waals surface area contributed by atoms with E-state index in [1.54, 1.807) is 13.0 Å². The minimum absolute atomic E-state index is 0.0248. The Hall–Kier alpha value is -1.81. The van der Waals surface area contributed by atoms with Crippen molar-refractivity contribution in [3.8, 4) is 10.4 Å². The Morgan fingerprint density at radius 2 is 1.78 bits per heavy atom. The lowest BCUT2D eigenvalue weighted by atomic mass is 9.94. The molecule has 0 spiro atoms. The number of amides is 1. The molecule has 1 aromatic carbocycles. The van der Waals surface area contributed by atoms with Crippen LogP contribution in [-0.4, -0.2) is 36.6 Å². The summed E-state index contributed by atoms with van der Waals surface area (Å²) in [6.07, 6.45) is 6.20. The number of carbonyl (C=O) groups excluding carboxylic acids is 1. The quantitative estimate of drug-likeness (QED) is 0.580. The molecule has 174 valence electrons. The number of benzene rings is 1. The summed E-state index contributed by atoms with van der Waals surface area (Å²) < 4.78 is 29.1. The monoisotopic (exact) mass is 477 g/mol. The SMILES string of the molecule is Cc1ccc(-c2sc(NC(=O)C3CCCC3)nc2C)cc1S(=O)(=O)NC1CCC(O)CC1. The lowest BCUT2D eigenvalue weighted by Gasteiger charge is -2.26. The molecular formula is C23H31N3O4S2. The molecule has 2 aromatic rings. The maximum atomic E-state index is 13.1. The number of hydrogen-bond acceptors (Lipinski definition) is 6. The maximum Gasteiger partial charge on any atom is 0.241 e. The molecule has 3 N–H and O–H groups in total. The molecule has 2 aliphatic rings. The summed E-state index contributed by atoms with van der Waals surface area (Å²) in [4.78, 5) is 18.1. The molecule has 1 heterocycles. The summed E-state index contributed by atoms with van der Waals surface area (Å²) in [6.45, 7) is 3.66. The summed E-state index contributed by atoms with van der Waals surface area (Å²) in [7, 11) is -3.69. The Morgan fingerprint density at radius 1 is 1.09 bits per heavy atom. The molecule has 0 saturated heterocycles. The van der Waals surface area contributed by atoms with Crippen LogP contribution in [0.4, 0.5) is 5.13 Å². The third-order valence-electron chi connectivity index (χ3n) is 6.51. The van der Waals surface area contributed by atoms with Crippen LogP contribution in [0.25, 0.3) is 10.4 Å². The zero-order chi connectivity index (χ0) is 22.9. The number of aryl methyl sites for hydroxylation is 2. The second-order valence-corrected chi connectivity index (χ2v) is 11.7. The van der Waals surface area contributed by atoms with Gasteiger partial charge in [-0.2, -0.15) is 0 Å². The molecule has 32 heavy (non-hydrogen) atoms. The van der Waals surface area contributed by atoms with Gasteiger partial charge in [-0.1, -0.05) is 36.3 Å². The van der Waals surface area contributed by atoms with Crippen LogP contribution in [0.15, 0.2) is 23.1 Å². The van der Waals surface area contributed by atoms with Gasteiger partial charge in [0.25, 0.3) is 0 Å². The molecule has 4 rings (SSSR count). The van der Waals surface area contributed by atoms with E-state index in [0.717, 1.165) is 41.8 Å². The van der Waals surface area contributed by atoms with Gasteiger partial charge in [0.05, 0.1) is 21.6 Å². The molecule has 1 aromatic heterocycles. The van der Waals surface area contributed by atoms with Gasteiger partial charge in [0.2, 0.25) is 15.9 Å². The highest BCUT2D eigenvalue weighted by Crippen LogP contribution is 2.35. The molecule has 7 nitrogen and oxygen atoms in total. The van der Waals surface area contributed by atoms with E-state index in [9.17, 15) is 18.3 Å². The summed E-state index contributed by atoms with van der Waals surface area (Å²) in [5, 5.41) is 13.2. The minimum atomic E-state index is -3.69. The first kappa shape index (κ1) is 23.4. The molecule has 0 unspecified atom stereocenters. The smallest absolute Gasteiger partial charge is 0.241 e. The van der Waals surface area contributed by atoms with Crippen molar-refractivity contribution in [1.82, 2.24) is 9.71 Å². The predicted molar refractivity (Wildman–Crippen MR) is 126 cm³/mol. The van der Waals surface area contributed by atoms with E-state index in [4.69, 9.17) is 0 Å². The van der Waals surface area contributed by atoms with E-state index in [1.165, 1.54) is 11.3 Å². The van der Waals surface area contributed by atoms with Crippen LogP contribution < -0.4 is 10.0 Å². The molecule has 9 heteroatoms. The van der Waals surface area contributed by atoms with Gasteiger partial charge in [0.15, 0.2) is 5.13 Å². The second-order valence-electron chi connectivity index (χ2n) is 9.01. The summed E-state index contributed by atoms with van der Waals surface area (Å²) in [5.41, 5.74) is 2.21. The number of anilines is 1. The number of rotatable bonds is 6. The third-order valence-corrected chi connectivity index (χ3v) is 9.30. The molecule has 2 aliphatic carbocycles. The molecule has 0 radical (unpaired) electrons. The lowest BCUT2D eigenvalue weighted by Crippen LogP contribution is -2.38. The number of nitrogens with zero attached hydrogens (tertiary/aromatic N) is 1. The van der Waals surface area contributed by atoms with E-state index in [0.29, 0.717) is 36.4 Å². The first-order chi connectivity index (χ1) is 15.2. The molecule has 2 saturated carbocycles.